The first-order valence-electron chi connectivity index (χ1n) is 30.2. The average Bonchev–Trinajstić information content (AvgIpc) is 2.43. The number of likely N-dealkylation sites (tertiary alicyclic amines) is 1. The topological polar surface area (TPSA) is 399 Å². The van der Waals surface area contributed by atoms with Gasteiger partial charge >= 0.3 is 11.9 Å². The smallest absolute Gasteiger partial charge is 0.327 e. The minimum atomic E-state index is -1.63. The molecule has 12 atom stereocenters. The van der Waals surface area contributed by atoms with E-state index < -0.39 is 121 Å². The van der Waals surface area contributed by atoms with Crippen molar-refractivity contribution < 1.29 is 83.3 Å². The summed E-state index contributed by atoms with van der Waals surface area (Å²) >= 11 is 1.18. The third-order valence-electron chi connectivity index (χ3n) is 15.2. The number of ether oxygens (including phenoxy) is 2. The number of hydrogen-bond donors (Lipinski definition) is 12. The number of aliphatic carboxylic acids is 1. The van der Waals surface area contributed by atoms with E-state index in [0.717, 1.165) is 41.0 Å². The number of likely N-dealkylation sites (N-methyl/N-ethyl adjacent to an activating group) is 1. The van der Waals surface area contributed by atoms with Gasteiger partial charge in [0.15, 0.2) is 6.73 Å². The number of hydrogen-bond acceptors (Lipinski definition) is 21. The largest absolute Gasteiger partial charge is 0.508 e. The van der Waals surface area contributed by atoms with E-state index in [9.17, 15) is 68.7 Å². The highest BCUT2D eigenvalue weighted by Crippen LogP contribution is 2.32. The molecule has 26 nitrogen and oxygen atoms in total. The van der Waals surface area contributed by atoms with E-state index in [1.807, 2.05) is 53.5 Å². The third kappa shape index (κ3) is 26.4. The predicted molar refractivity (Wildman–Crippen MR) is 333 cm³/mol. The molecule has 1 aliphatic rings. The first-order valence-corrected chi connectivity index (χ1v) is 33.5. The minimum Gasteiger partial charge on any atom is -0.508 e. The van der Waals surface area contributed by atoms with Gasteiger partial charge in [0.2, 0.25) is 35.4 Å². The SMILES string of the molecule is CCCC(=O)OCN(C(=O)[C@@H](NC(=O)[C@H]1CCCCN1C)C(C)CC)[C@H](C[C@@H](OCC)c1nc(C(=O)N[C@@H](Cc2ccc(O)cc2)C[C@H](C)C(=O)N[C@@H](CSSCCC(=O)N[C@@H](CCC(=O)NCC[C@@H](O)[C@H](O)[C@H](O)CO)C(N)=O)C(=O)O)cs1)C(C)C. The second-order valence-electron chi connectivity index (χ2n) is 22.6. The van der Waals surface area contributed by atoms with Crippen molar-refractivity contribution >= 4 is 86.2 Å². The maximum absolute atomic E-state index is 15.0. The number of carbonyl (C=O) groups excluding carboxylic acids is 8. The molecule has 0 spiro atoms. The normalized spacial score (nSPS) is 17.3. The summed E-state index contributed by atoms with van der Waals surface area (Å²) in [4.78, 5) is 127. The number of aromatic nitrogens is 1. The number of piperidine rings is 1. The molecule has 1 aromatic heterocycles. The van der Waals surface area contributed by atoms with E-state index in [1.54, 1.807) is 24.4 Å². The number of aliphatic hydroxyl groups is 4. The Kier molecular flexibility index (Phi) is 34.9. The zero-order valence-corrected chi connectivity index (χ0v) is 54.3. The molecule has 2 aromatic rings. The van der Waals surface area contributed by atoms with Gasteiger partial charge in [-0.1, -0.05) is 88.1 Å². The number of aliphatic hydroxyl groups excluding tert-OH is 4. The molecule has 496 valence electrons. The number of carbonyl (C=O) groups is 9. The quantitative estimate of drug-likeness (QED) is 0.0197. The van der Waals surface area contributed by atoms with Gasteiger partial charge in [0, 0.05) is 73.7 Å². The number of rotatable bonds is 42. The number of phenolic OH excluding ortho intramolecular Hbond substituents is 1. The van der Waals surface area contributed by atoms with Crippen molar-refractivity contribution in [1.82, 2.24) is 41.4 Å². The van der Waals surface area contributed by atoms with Crippen LogP contribution in [-0.2, 0) is 54.3 Å². The van der Waals surface area contributed by atoms with Crippen LogP contribution in [-0.4, -0.2) is 205 Å². The molecule has 0 aliphatic carbocycles. The molecule has 1 aromatic carbocycles. The first-order chi connectivity index (χ1) is 41.7. The van der Waals surface area contributed by atoms with Gasteiger partial charge in [-0.25, -0.2) is 9.78 Å². The van der Waals surface area contributed by atoms with E-state index in [0.29, 0.717) is 29.8 Å². The highest BCUT2D eigenvalue weighted by molar-refractivity contribution is 8.76. The maximum Gasteiger partial charge on any atom is 0.327 e. The number of carboxylic acids is 1. The van der Waals surface area contributed by atoms with E-state index >= 15 is 0 Å². The van der Waals surface area contributed by atoms with Gasteiger partial charge < -0.3 is 77.3 Å². The molecule has 1 unspecified atom stereocenters. The standard InChI is InChI=1S/C59H95N9O17S3/c1-9-14-50(75)85-33-68(58(81)51(35(6)10-2)66-56(80)43-15-12-13-25-67(43)8)44(34(4)5)29-47(84-11-3)57-65-41(31-86-57)55(79)62-38(28-37-16-18-39(70)19-17-37)27-36(7)54(78)64-42(59(82)83)32-88-87-26-23-49(74)63-40(53(60)77)20-21-48(73)61-24-22-45(71)52(76)46(72)30-69/h16-19,31,34-36,38,40,42-47,51-52,69-72,76H,9-15,20-30,32-33H2,1-8H3,(H2,60,77)(H,61,73)(H,62,79)(H,63,74)(H,64,78)(H,66,80)(H,82,83)/t35?,36-,38+,40-,42-,43+,44+,45+,46+,47+,51-,52-/m0/s1. The van der Waals surface area contributed by atoms with Crippen LogP contribution in [0.4, 0.5) is 0 Å². The Morgan fingerprint density at radius 1 is 0.864 bits per heavy atom. The van der Waals surface area contributed by atoms with Crippen LogP contribution in [0, 0.1) is 17.8 Å². The van der Waals surface area contributed by atoms with E-state index in [-0.39, 0.29) is 112 Å². The van der Waals surface area contributed by atoms with Crippen molar-refractivity contribution in [3.63, 3.8) is 0 Å². The number of amides is 7. The summed E-state index contributed by atoms with van der Waals surface area (Å²) in [5, 5.41) is 73.8. The van der Waals surface area contributed by atoms with Crippen LogP contribution in [0.2, 0.25) is 0 Å². The Morgan fingerprint density at radius 2 is 1.57 bits per heavy atom. The van der Waals surface area contributed by atoms with E-state index in [4.69, 9.17) is 25.3 Å². The lowest BCUT2D eigenvalue weighted by molar-refractivity contribution is -0.160. The van der Waals surface area contributed by atoms with Crippen LogP contribution < -0.4 is 32.3 Å². The molecule has 1 fully saturated rings. The fourth-order valence-electron chi connectivity index (χ4n) is 9.73. The lowest BCUT2D eigenvalue weighted by Crippen LogP contribution is -2.59. The van der Waals surface area contributed by atoms with Crippen LogP contribution in [0.25, 0.3) is 0 Å². The number of esters is 1. The number of nitrogens with two attached hydrogens (primary N) is 1. The van der Waals surface area contributed by atoms with Crippen LogP contribution in [0.5, 0.6) is 5.75 Å². The van der Waals surface area contributed by atoms with Crippen molar-refractivity contribution in [2.24, 2.45) is 23.5 Å². The second kappa shape index (κ2) is 40.2. The van der Waals surface area contributed by atoms with Crippen molar-refractivity contribution in [2.75, 3.05) is 51.6 Å². The van der Waals surface area contributed by atoms with E-state index in [1.165, 1.54) is 28.4 Å². The van der Waals surface area contributed by atoms with Crippen molar-refractivity contribution in [3.05, 3.63) is 45.9 Å². The lowest BCUT2D eigenvalue weighted by atomic mass is 9.92. The summed E-state index contributed by atoms with van der Waals surface area (Å²) in [6.07, 6.45) is -1.77. The van der Waals surface area contributed by atoms with E-state index in [2.05, 4.69) is 26.6 Å². The summed E-state index contributed by atoms with van der Waals surface area (Å²) in [7, 11) is 4.13. The number of primary amides is 1. The van der Waals surface area contributed by atoms with Crippen molar-refractivity contribution in [1.29, 1.82) is 0 Å². The molecular weight excluding hydrogens is 1200 g/mol. The molecule has 2 heterocycles. The fraction of sp³-hybridized carbons (Fsp3) is 0.695. The zero-order chi connectivity index (χ0) is 65.6. The average molecular weight is 1300 g/mol. The molecule has 1 aliphatic heterocycles. The van der Waals surface area contributed by atoms with Gasteiger partial charge in [-0.3, -0.25) is 43.3 Å². The van der Waals surface area contributed by atoms with Gasteiger partial charge in [0.1, 0.15) is 52.9 Å². The van der Waals surface area contributed by atoms with Crippen LogP contribution in [0.1, 0.15) is 153 Å². The molecule has 1 saturated heterocycles. The summed E-state index contributed by atoms with van der Waals surface area (Å²) in [6, 6.07) is 1.13. The fourth-order valence-corrected chi connectivity index (χ4v) is 12.7. The number of aromatic hydroxyl groups is 1. The lowest BCUT2D eigenvalue weighted by Gasteiger charge is -2.39. The first kappa shape index (κ1) is 76.6. The molecule has 13 N–H and O–H groups in total. The van der Waals surface area contributed by atoms with Crippen LogP contribution in [0.15, 0.2) is 29.6 Å². The third-order valence-corrected chi connectivity index (χ3v) is 18.6. The number of benzene rings is 1. The van der Waals surface area contributed by atoms with Crippen molar-refractivity contribution in [2.45, 2.75) is 193 Å². The van der Waals surface area contributed by atoms with Gasteiger partial charge in [0.25, 0.3) is 5.91 Å². The Bertz CT molecular complexity index is 2530. The molecule has 88 heavy (non-hydrogen) atoms. The Hall–Kier alpha value is -5.66. The Labute approximate surface area is 527 Å². The molecule has 7 amide bonds. The highest BCUT2D eigenvalue weighted by Gasteiger charge is 2.39. The number of nitrogens with one attached hydrogen (secondary N) is 5. The molecule has 29 heteroatoms. The highest BCUT2D eigenvalue weighted by atomic mass is 33.1. The Balaban J connectivity index is 1.71. The number of carboxylic acid groups (broad SMARTS) is 1. The zero-order valence-electron chi connectivity index (χ0n) is 51.9. The summed E-state index contributed by atoms with van der Waals surface area (Å²) in [5.41, 5.74) is 6.22. The monoisotopic (exact) mass is 1300 g/mol. The maximum atomic E-state index is 15.0. The van der Waals surface area contributed by atoms with Gasteiger partial charge in [-0.2, -0.15) is 0 Å². The minimum absolute atomic E-state index is 0.0189. The number of nitrogens with zero attached hydrogens (tertiary/aromatic N) is 3. The van der Waals surface area contributed by atoms with Crippen LogP contribution >= 0.6 is 32.9 Å². The molecule has 3 rings (SSSR count). The molecular formula is C59H95N9O17S3. The van der Waals surface area contributed by atoms with Crippen LogP contribution in [0.3, 0.4) is 0 Å². The van der Waals surface area contributed by atoms with Crippen molar-refractivity contribution in [3.8, 4) is 5.75 Å². The number of thiazole rings is 1. The summed E-state index contributed by atoms with van der Waals surface area (Å²) in [5.74, 6) is -6.87. The molecule has 0 radical (unpaired) electrons. The number of phenols is 1. The molecule has 0 bridgehead atoms. The Morgan fingerprint density at radius 3 is 2.18 bits per heavy atom. The van der Waals surface area contributed by atoms with Gasteiger partial charge in [0.05, 0.1) is 18.8 Å². The summed E-state index contributed by atoms with van der Waals surface area (Å²) < 4.78 is 12.0. The van der Waals surface area contributed by atoms with Gasteiger partial charge in [-0.05, 0) is 95.0 Å². The molecule has 0 saturated carbocycles. The van der Waals surface area contributed by atoms with Gasteiger partial charge in [-0.15, -0.1) is 11.3 Å². The predicted octanol–water partition coefficient (Wildman–Crippen LogP) is 2.53. The summed E-state index contributed by atoms with van der Waals surface area (Å²) in [6.45, 7) is 12.7. The second-order valence-corrected chi connectivity index (χ2v) is 26.1.